The van der Waals surface area contributed by atoms with E-state index in [0.29, 0.717) is 17.3 Å². The van der Waals surface area contributed by atoms with Crippen LogP contribution in [0.25, 0.3) is 0 Å². The molecule has 2 aromatic rings. The van der Waals surface area contributed by atoms with Crippen LogP contribution in [0.1, 0.15) is 28.4 Å². The fraction of sp³-hybridized carbons (Fsp3) is 0.350. The Kier molecular flexibility index (Phi) is 7.18. The van der Waals surface area contributed by atoms with Crippen molar-refractivity contribution in [2.45, 2.75) is 36.9 Å². The van der Waals surface area contributed by atoms with Gasteiger partial charge in [0, 0.05) is 17.9 Å². The predicted molar refractivity (Wildman–Crippen MR) is 103 cm³/mol. The van der Waals surface area contributed by atoms with Gasteiger partial charge in [0.2, 0.25) is 0 Å². The standard InChI is InChI=1S/C20H21F4NO3S/c1-12-7-15(21)13(8-17(12)29-11-20(22,23)24)9-19(2,28)10-25-18(27)14-5-3-4-6-16(14)26/h3-8,26,28H,9-11H2,1-2H3,(H,25,27). The lowest BCUT2D eigenvalue weighted by atomic mass is 9.95. The first-order valence-electron chi connectivity index (χ1n) is 8.65. The summed E-state index contributed by atoms with van der Waals surface area (Å²) in [6.07, 6.45) is -4.58. The molecule has 0 bridgehead atoms. The molecule has 3 N–H and O–H groups in total. The van der Waals surface area contributed by atoms with Gasteiger partial charge in [-0.25, -0.2) is 4.39 Å². The minimum atomic E-state index is -4.36. The molecular weight excluding hydrogens is 410 g/mol. The number of aromatic hydroxyl groups is 1. The molecule has 29 heavy (non-hydrogen) atoms. The predicted octanol–water partition coefficient (Wildman–Crippen LogP) is 4.22. The van der Waals surface area contributed by atoms with Gasteiger partial charge in [-0.1, -0.05) is 12.1 Å². The van der Waals surface area contributed by atoms with E-state index in [2.05, 4.69) is 5.32 Å². The number of halogens is 4. The van der Waals surface area contributed by atoms with Gasteiger partial charge in [0.05, 0.1) is 16.9 Å². The number of benzene rings is 2. The maximum Gasteiger partial charge on any atom is 0.398 e. The van der Waals surface area contributed by atoms with E-state index < -0.39 is 29.3 Å². The molecule has 0 fully saturated rings. The van der Waals surface area contributed by atoms with Crippen molar-refractivity contribution >= 4 is 17.7 Å². The highest BCUT2D eigenvalue weighted by atomic mass is 32.2. The summed E-state index contributed by atoms with van der Waals surface area (Å²) in [5.41, 5.74) is -1.13. The minimum Gasteiger partial charge on any atom is -0.507 e. The van der Waals surface area contributed by atoms with Crippen molar-refractivity contribution in [2.75, 3.05) is 12.3 Å². The molecule has 9 heteroatoms. The second-order valence-corrected chi connectivity index (χ2v) is 8.00. The summed E-state index contributed by atoms with van der Waals surface area (Å²) in [4.78, 5) is 12.4. The summed E-state index contributed by atoms with van der Waals surface area (Å²) < 4.78 is 51.7. The highest BCUT2D eigenvalue weighted by molar-refractivity contribution is 7.99. The minimum absolute atomic E-state index is 0.0238. The van der Waals surface area contributed by atoms with Crippen LogP contribution in [0.15, 0.2) is 41.3 Å². The largest absolute Gasteiger partial charge is 0.507 e. The van der Waals surface area contributed by atoms with Crippen molar-refractivity contribution in [3.8, 4) is 5.75 Å². The fourth-order valence-electron chi connectivity index (χ4n) is 2.65. The average Bonchev–Trinajstić information content (AvgIpc) is 2.60. The zero-order valence-corrected chi connectivity index (χ0v) is 16.6. The van der Waals surface area contributed by atoms with Crippen molar-refractivity contribution in [1.29, 1.82) is 0 Å². The van der Waals surface area contributed by atoms with Crippen LogP contribution in [-0.2, 0) is 6.42 Å². The summed E-state index contributed by atoms with van der Waals surface area (Å²) in [5, 5.41) is 22.7. The summed E-state index contributed by atoms with van der Waals surface area (Å²) in [5.74, 6) is -2.59. The lowest BCUT2D eigenvalue weighted by Crippen LogP contribution is -2.42. The quantitative estimate of drug-likeness (QED) is 0.454. The number of carbonyl (C=O) groups excluding carboxylic acids is 1. The van der Waals surface area contributed by atoms with Gasteiger partial charge < -0.3 is 15.5 Å². The SMILES string of the molecule is Cc1cc(F)c(CC(C)(O)CNC(=O)c2ccccc2O)cc1SCC(F)(F)F. The Labute approximate surface area is 169 Å². The van der Waals surface area contributed by atoms with Gasteiger partial charge in [0.25, 0.3) is 5.91 Å². The number of hydrogen-bond donors (Lipinski definition) is 3. The van der Waals surface area contributed by atoms with Crippen LogP contribution in [0.2, 0.25) is 0 Å². The molecule has 0 aliphatic heterocycles. The number of hydrogen-bond acceptors (Lipinski definition) is 4. The lowest BCUT2D eigenvalue weighted by molar-refractivity contribution is -0.105. The van der Waals surface area contributed by atoms with E-state index >= 15 is 0 Å². The average molecular weight is 431 g/mol. The van der Waals surface area contributed by atoms with Gasteiger partial charge in [0.1, 0.15) is 11.6 Å². The number of para-hydroxylation sites is 1. The van der Waals surface area contributed by atoms with Crippen LogP contribution in [-0.4, -0.2) is 40.2 Å². The van der Waals surface area contributed by atoms with Crippen LogP contribution in [0, 0.1) is 12.7 Å². The molecule has 4 nitrogen and oxygen atoms in total. The first kappa shape index (κ1) is 23.0. The van der Waals surface area contributed by atoms with Gasteiger partial charge in [-0.15, -0.1) is 11.8 Å². The summed E-state index contributed by atoms with van der Waals surface area (Å²) in [6, 6.07) is 8.29. The van der Waals surface area contributed by atoms with Gasteiger partial charge in [0.15, 0.2) is 0 Å². The van der Waals surface area contributed by atoms with E-state index in [0.717, 1.165) is 6.07 Å². The van der Waals surface area contributed by atoms with Crippen molar-refractivity contribution in [2.24, 2.45) is 0 Å². The van der Waals surface area contributed by atoms with Crippen molar-refractivity contribution in [3.63, 3.8) is 0 Å². The zero-order valence-electron chi connectivity index (χ0n) is 15.8. The Morgan fingerprint density at radius 3 is 2.48 bits per heavy atom. The molecule has 0 saturated heterocycles. The smallest absolute Gasteiger partial charge is 0.398 e. The van der Waals surface area contributed by atoms with Gasteiger partial charge in [-0.2, -0.15) is 13.2 Å². The van der Waals surface area contributed by atoms with Crippen LogP contribution in [0.5, 0.6) is 5.75 Å². The zero-order chi connectivity index (χ0) is 21.8. The number of alkyl halides is 3. The van der Waals surface area contributed by atoms with E-state index in [1.807, 2.05) is 0 Å². The van der Waals surface area contributed by atoms with Gasteiger partial charge in [-0.05, 0) is 49.2 Å². The highest BCUT2D eigenvalue weighted by Crippen LogP contribution is 2.32. The Morgan fingerprint density at radius 2 is 1.86 bits per heavy atom. The van der Waals surface area contributed by atoms with Crippen molar-refractivity contribution in [1.82, 2.24) is 5.32 Å². The molecule has 0 radical (unpaired) electrons. The second kappa shape index (κ2) is 9.04. The number of carbonyl (C=O) groups is 1. The van der Waals surface area contributed by atoms with E-state index in [9.17, 15) is 32.6 Å². The molecule has 2 rings (SSSR count). The number of phenols is 1. The van der Waals surface area contributed by atoms with Crippen LogP contribution >= 0.6 is 11.8 Å². The van der Waals surface area contributed by atoms with E-state index in [-0.39, 0.29) is 34.7 Å². The molecule has 0 heterocycles. The monoisotopic (exact) mass is 431 g/mol. The molecule has 1 amide bonds. The maximum absolute atomic E-state index is 14.3. The number of phenolic OH excluding ortho intramolecular Hbond substituents is 1. The van der Waals surface area contributed by atoms with E-state index in [1.54, 1.807) is 12.1 Å². The number of rotatable bonds is 7. The third-order valence-electron chi connectivity index (χ3n) is 4.09. The van der Waals surface area contributed by atoms with Crippen molar-refractivity contribution in [3.05, 3.63) is 58.9 Å². The third-order valence-corrected chi connectivity index (χ3v) is 5.31. The van der Waals surface area contributed by atoms with Crippen LogP contribution in [0.4, 0.5) is 17.6 Å². The molecular formula is C20H21F4NO3S. The Bertz CT molecular complexity index is 885. The Hall–Kier alpha value is -2.26. The van der Waals surface area contributed by atoms with Crippen LogP contribution < -0.4 is 5.32 Å². The molecule has 0 saturated carbocycles. The van der Waals surface area contributed by atoms with Crippen molar-refractivity contribution < 1.29 is 32.6 Å². The van der Waals surface area contributed by atoms with E-state index in [4.69, 9.17) is 0 Å². The van der Waals surface area contributed by atoms with E-state index in [1.165, 1.54) is 32.0 Å². The Balaban J connectivity index is 2.08. The molecule has 0 aliphatic rings. The van der Waals surface area contributed by atoms with Crippen LogP contribution in [0.3, 0.4) is 0 Å². The number of nitrogens with one attached hydrogen (secondary N) is 1. The first-order chi connectivity index (χ1) is 13.4. The molecule has 1 atom stereocenters. The van der Waals surface area contributed by atoms with Gasteiger partial charge in [-0.3, -0.25) is 4.79 Å². The van der Waals surface area contributed by atoms with Gasteiger partial charge >= 0.3 is 6.18 Å². The normalized spacial score (nSPS) is 13.8. The molecule has 158 valence electrons. The first-order valence-corrected chi connectivity index (χ1v) is 9.64. The highest BCUT2D eigenvalue weighted by Gasteiger charge is 2.29. The Morgan fingerprint density at radius 1 is 1.21 bits per heavy atom. The molecule has 0 aromatic heterocycles. The fourth-order valence-corrected chi connectivity index (χ4v) is 3.48. The molecule has 0 spiro atoms. The third kappa shape index (κ3) is 6.93. The number of aryl methyl sites for hydroxylation is 1. The summed E-state index contributed by atoms with van der Waals surface area (Å²) in [7, 11) is 0. The number of thioether (sulfide) groups is 1. The molecule has 2 aromatic carbocycles. The number of aliphatic hydroxyl groups is 1. The summed E-state index contributed by atoms with van der Waals surface area (Å²) in [6.45, 7) is 2.63. The maximum atomic E-state index is 14.3. The molecule has 0 aliphatic carbocycles. The number of amides is 1. The summed E-state index contributed by atoms with van der Waals surface area (Å²) >= 11 is 0.549. The second-order valence-electron chi connectivity index (χ2n) is 6.99. The lowest BCUT2D eigenvalue weighted by Gasteiger charge is -2.25. The topological polar surface area (TPSA) is 69.6 Å². The molecule has 1 unspecified atom stereocenters.